The molecule has 0 saturated heterocycles. The van der Waals surface area contributed by atoms with Gasteiger partial charge in [0.1, 0.15) is 17.1 Å². The third-order valence-corrected chi connectivity index (χ3v) is 1.41. The number of carbonyl (C=O) groups excluding carboxylic acids is 2. The van der Waals surface area contributed by atoms with Crippen molar-refractivity contribution < 1.29 is 54.8 Å². The van der Waals surface area contributed by atoms with Gasteiger partial charge in [-0.3, -0.25) is 4.79 Å². The molecule has 1 N–H and O–H groups in total. The smallest absolute Gasteiger partial charge is 1.00 e. The first-order valence-electron chi connectivity index (χ1n) is 3.72. The van der Waals surface area contributed by atoms with E-state index in [0.717, 1.165) is 25.1 Å². The Hall–Kier alpha value is -0.910. The van der Waals surface area contributed by atoms with Gasteiger partial charge in [-0.05, 0) is 18.2 Å². The van der Waals surface area contributed by atoms with Crippen LogP contribution in [0.3, 0.4) is 0 Å². The molecule has 6 heteroatoms. The Balaban J connectivity index is 0. The molecule has 0 fully saturated rings. The summed E-state index contributed by atoms with van der Waals surface area (Å²) in [5.41, 5.74) is -0.375. The molecule has 1 rings (SSSR count). The minimum Gasteiger partial charge on any atom is -1.00 e. The van der Waals surface area contributed by atoms with Crippen LogP contribution in [0.5, 0.6) is 5.75 Å². The number of phenolic OH excluding ortho intramolecular Hbond substituents is 1. The quantitative estimate of drug-likeness (QED) is 0.351. The van der Waals surface area contributed by atoms with E-state index in [4.69, 9.17) is 5.11 Å². The van der Waals surface area contributed by atoms with Gasteiger partial charge in [-0.2, -0.15) is 0 Å². The zero-order chi connectivity index (χ0) is 10.7. The Labute approximate surface area is 109 Å². The summed E-state index contributed by atoms with van der Waals surface area (Å²) in [5, 5.41) is 9.14. The Bertz CT molecular complexity index is 397. The maximum atomic E-state index is 12.6. The summed E-state index contributed by atoms with van der Waals surface area (Å²) in [5.74, 6) is -3.02. The fourth-order valence-electron chi connectivity index (χ4n) is 0.857. The molecular weight excluding hydrogens is 214 g/mol. The van der Waals surface area contributed by atoms with Gasteiger partial charge >= 0.3 is 41.5 Å². The average molecular weight is 222 g/mol. The summed E-state index contributed by atoms with van der Waals surface area (Å²) in [6.45, 7) is 1.04. The van der Waals surface area contributed by atoms with Crippen molar-refractivity contribution in [2.45, 2.75) is 6.92 Å². The first-order chi connectivity index (χ1) is 6.50. The third-order valence-electron chi connectivity index (χ3n) is 1.41. The van der Waals surface area contributed by atoms with Gasteiger partial charge < -0.3 is 11.3 Å². The van der Waals surface area contributed by atoms with Gasteiger partial charge in [0.05, 0.1) is 0 Å². The molecule has 0 aliphatic carbocycles. The van der Waals surface area contributed by atoms with Crippen LogP contribution in [0.4, 0.5) is 4.39 Å². The monoisotopic (exact) mass is 222 g/mol. The molecule has 0 atom stereocenters. The summed E-state index contributed by atoms with van der Waals surface area (Å²) < 4.78 is 16.8. The Morgan fingerprint density at radius 1 is 1.47 bits per heavy atom. The van der Waals surface area contributed by atoms with E-state index in [1.807, 2.05) is 0 Å². The van der Waals surface area contributed by atoms with E-state index in [1.54, 1.807) is 0 Å². The van der Waals surface area contributed by atoms with Crippen molar-refractivity contribution in [2.24, 2.45) is 0 Å². The number of esters is 2. The van der Waals surface area contributed by atoms with Crippen LogP contribution >= 0.6 is 0 Å². The van der Waals surface area contributed by atoms with Crippen LogP contribution in [0.15, 0.2) is 18.2 Å². The Morgan fingerprint density at radius 2 is 2.07 bits per heavy atom. The van der Waals surface area contributed by atoms with Gasteiger partial charge in [0.15, 0.2) is 0 Å². The number of carbonyl (C=O) groups is 2. The third kappa shape index (κ3) is 3.99. The molecule has 0 amide bonds. The van der Waals surface area contributed by atoms with Crippen molar-refractivity contribution in [1.82, 2.24) is 0 Å². The number of hydrogen-bond acceptors (Lipinski definition) is 4. The largest absolute Gasteiger partial charge is 1.00 e. The number of ether oxygens (including phenoxy) is 1. The molecular formula is C9H8FNaO4. The molecule has 0 aliphatic heterocycles. The van der Waals surface area contributed by atoms with E-state index in [2.05, 4.69) is 4.74 Å². The summed E-state index contributed by atoms with van der Waals surface area (Å²) >= 11 is 0. The summed E-state index contributed by atoms with van der Waals surface area (Å²) in [7, 11) is 0. The minimum absolute atomic E-state index is 0. The molecule has 4 nitrogen and oxygen atoms in total. The van der Waals surface area contributed by atoms with Crippen LogP contribution < -0.4 is 29.6 Å². The van der Waals surface area contributed by atoms with Crippen LogP contribution in [0.1, 0.15) is 18.7 Å². The number of benzene rings is 1. The predicted octanol–water partition coefficient (Wildman–Crippen LogP) is -1.65. The SMILES string of the molecule is CC(=O)OC(=O)c1cc(F)ccc1O.[H-].[Na+]. The van der Waals surface area contributed by atoms with Crippen LogP contribution in [0, 0.1) is 5.82 Å². The van der Waals surface area contributed by atoms with E-state index >= 15 is 0 Å². The zero-order valence-electron chi connectivity index (χ0n) is 9.28. The van der Waals surface area contributed by atoms with Crippen molar-refractivity contribution in [3.63, 3.8) is 0 Å². The van der Waals surface area contributed by atoms with Gasteiger partial charge in [0.25, 0.3) is 0 Å². The molecule has 0 aliphatic rings. The fourth-order valence-corrected chi connectivity index (χ4v) is 0.857. The van der Waals surface area contributed by atoms with Gasteiger partial charge in [-0.25, -0.2) is 9.18 Å². The van der Waals surface area contributed by atoms with E-state index in [1.165, 1.54) is 0 Å². The number of halogens is 1. The molecule has 15 heavy (non-hydrogen) atoms. The Kier molecular flexibility index (Phi) is 5.49. The average Bonchev–Trinajstić information content (AvgIpc) is 2.08. The fraction of sp³-hybridized carbons (Fsp3) is 0.111. The number of hydrogen-bond donors (Lipinski definition) is 1. The maximum absolute atomic E-state index is 12.6. The summed E-state index contributed by atoms with van der Waals surface area (Å²) in [4.78, 5) is 21.5. The number of phenols is 1. The van der Waals surface area contributed by atoms with Crippen molar-refractivity contribution in [2.75, 3.05) is 0 Å². The van der Waals surface area contributed by atoms with Crippen molar-refractivity contribution in [1.29, 1.82) is 0 Å². The van der Waals surface area contributed by atoms with Gasteiger partial charge in [-0.15, -0.1) is 0 Å². The molecule has 0 aromatic heterocycles. The molecule has 0 saturated carbocycles. The second-order valence-corrected chi connectivity index (χ2v) is 2.54. The first kappa shape index (κ1) is 14.1. The normalized spacial score (nSPS) is 8.93. The van der Waals surface area contributed by atoms with E-state index in [9.17, 15) is 14.0 Å². The van der Waals surface area contributed by atoms with Gasteiger partial charge in [0.2, 0.25) is 0 Å². The second kappa shape index (κ2) is 5.85. The van der Waals surface area contributed by atoms with Crippen LogP contribution in [-0.2, 0) is 9.53 Å². The molecule has 0 heterocycles. The number of rotatable bonds is 1. The minimum atomic E-state index is -1.07. The van der Waals surface area contributed by atoms with E-state index < -0.39 is 23.5 Å². The molecule has 0 radical (unpaired) electrons. The van der Waals surface area contributed by atoms with Gasteiger partial charge in [-0.1, -0.05) is 0 Å². The molecule has 0 spiro atoms. The Morgan fingerprint density at radius 3 is 2.60 bits per heavy atom. The van der Waals surface area contributed by atoms with Crippen LogP contribution in [0.2, 0.25) is 0 Å². The topological polar surface area (TPSA) is 63.6 Å². The molecule has 0 bridgehead atoms. The molecule has 76 valence electrons. The van der Waals surface area contributed by atoms with E-state index in [-0.39, 0.29) is 36.5 Å². The van der Waals surface area contributed by atoms with Crippen molar-refractivity contribution in [3.05, 3.63) is 29.6 Å². The van der Waals surface area contributed by atoms with E-state index in [0.29, 0.717) is 0 Å². The van der Waals surface area contributed by atoms with Crippen molar-refractivity contribution >= 4 is 11.9 Å². The second-order valence-electron chi connectivity index (χ2n) is 2.54. The number of aromatic hydroxyl groups is 1. The van der Waals surface area contributed by atoms with Gasteiger partial charge in [0, 0.05) is 6.92 Å². The first-order valence-corrected chi connectivity index (χ1v) is 3.72. The van der Waals surface area contributed by atoms with Crippen LogP contribution in [-0.4, -0.2) is 17.0 Å². The molecule has 0 unspecified atom stereocenters. The standard InChI is InChI=1S/C9H7FO4.Na.H/c1-5(11)14-9(13)7-4-6(10)2-3-8(7)12;;/h2-4,12H,1H3;;/q;+1;-1. The summed E-state index contributed by atoms with van der Waals surface area (Å²) in [6.07, 6.45) is 0. The zero-order valence-corrected chi connectivity index (χ0v) is 10.3. The van der Waals surface area contributed by atoms with Crippen LogP contribution in [0.25, 0.3) is 0 Å². The predicted molar refractivity (Wildman–Crippen MR) is 45.3 cm³/mol. The maximum Gasteiger partial charge on any atom is 1.00 e. The van der Waals surface area contributed by atoms with Crippen molar-refractivity contribution in [3.8, 4) is 5.75 Å². The molecule has 1 aromatic carbocycles. The summed E-state index contributed by atoms with van der Waals surface area (Å²) in [6, 6.07) is 2.78. The molecule has 1 aromatic rings.